The number of esters is 1. The Morgan fingerprint density at radius 2 is 1.93 bits per heavy atom. The van der Waals surface area contributed by atoms with Crippen LogP contribution in [0.25, 0.3) is 11.3 Å². The van der Waals surface area contributed by atoms with Crippen molar-refractivity contribution in [1.29, 1.82) is 0 Å². The van der Waals surface area contributed by atoms with Crippen molar-refractivity contribution in [3.05, 3.63) is 88.3 Å². The van der Waals surface area contributed by atoms with Crippen molar-refractivity contribution in [3.8, 4) is 17.1 Å². The van der Waals surface area contributed by atoms with Gasteiger partial charge in [0, 0.05) is 16.8 Å². The van der Waals surface area contributed by atoms with Gasteiger partial charge < -0.3 is 29.6 Å². The average molecular weight is 577 g/mol. The fourth-order valence-corrected chi connectivity index (χ4v) is 4.46. The Bertz CT molecular complexity index is 1560. The van der Waals surface area contributed by atoms with E-state index in [0.29, 0.717) is 44.8 Å². The summed E-state index contributed by atoms with van der Waals surface area (Å²) in [7, 11) is 0. The Kier molecular flexibility index (Phi) is 9.15. The van der Waals surface area contributed by atoms with E-state index in [1.807, 2.05) is 6.92 Å². The minimum absolute atomic E-state index is 0.146. The van der Waals surface area contributed by atoms with Gasteiger partial charge in [0.15, 0.2) is 11.7 Å². The van der Waals surface area contributed by atoms with E-state index < -0.39 is 23.9 Å². The first-order valence-electron chi connectivity index (χ1n) is 12.6. The van der Waals surface area contributed by atoms with Crippen molar-refractivity contribution in [3.63, 3.8) is 0 Å². The number of carboxylic acids is 1. The number of hydrogen-bond acceptors (Lipinski definition) is 8. The zero-order valence-electron chi connectivity index (χ0n) is 22.5. The Balaban J connectivity index is 1.41. The summed E-state index contributed by atoms with van der Waals surface area (Å²) in [5.41, 5.74) is 5.53. The van der Waals surface area contributed by atoms with E-state index in [0.717, 1.165) is 5.56 Å². The number of aromatic carboxylic acids is 1. The number of nitrogens with one attached hydrogen (secondary N) is 3. The molecule has 12 heteroatoms. The minimum Gasteiger partial charge on any atom is -0.483 e. The number of ether oxygens (including phenoxy) is 2. The molecular formula is C29H28N4O7S. The number of carboxylic acid groups (broad SMARTS) is 1. The van der Waals surface area contributed by atoms with E-state index >= 15 is 0 Å². The molecule has 11 nitrogen and oxygen atoms in total. The highest BCUT2D eigenvalue weighted by molar-refractivity contribution is 7.80. The molecule has 0 radical (unpaired) electrons. The number of furan rings is 1. The molecule has 3 aromatic rings. The maximum absolute atomic E-state index is 12.7. The molecule has 0 bridgehead atoms. The van der Waals surface area contributed by atoms with Gasteiger partial charge in [-0.15, -0.1) is 0 Å². The lowest BCUT2D eigenvalue weighted by molar-refractivity contribution is -0.139. The number of amides is 1. The van der Waals surface area contributed by atoms with E-state index in [1.165, 1.54) is 18.3 Å². The number of allylic oxidation sites excluding steroid dienone is 1. The van der Waals surface area contributed by atoms with Gasteiger partial charge in [-0.05, 0) is 68.9 Å². The number of benzene rings is 2. The zero-order valence-corrected chi connectivity index (χ0v) is 23.3. The van der Waals surface area contributed by atoms with Gasteiger partial charge in [-0.2, -0.15) is 5.10 Å². The summed E-state index contributed by atoms with van der Waals surface area (Å²) in [4.78, 5) is 36.5. The van der Waals surface area contributed by atoms with Crippen LogP contribution in [-0.2, 0) is 14.3 Å². The Hall–Kier alpha value is -4.97. The highest BCUT2D eigenvalue weighted by Crippen LogP contribution is 2.33. The number of aryl methyl sites for hydroxylation is 1. The molecule has 0 saturated carbocycles. The highest BCUT2D eigenvalue weighted by atomic mass is 32.1. The van der Waals surface area contributed by atoms with Crippen LogP contribution in [-0.4, -0.2) is 47.5 Å². The van der Waals surface area contributed by atoms with Gasteiger partial charge >= 0.3 is 11.9 Å². The van der Waals surface area contributed by atoms with Crippen LogP contribution in [0.3, 0.4) is 0 Å². The molecule has 0 aliphatic carbocycles. The number of hydrogen-bond donors (Lipinski definition) is 4. The Morgan fingerprint density at radius 3 is 2.68 bits per heavy atom. The normalized spacial score (nSPS) is 14.8. The first-order chi connectivity index (χ1) is 19.7. The smallest absolute Gasteiger partial charge is 0.338 e. The van der Waals surface area contributed by atoms with Gasteiger partial charge in [0.1, 0.15) is 17.3 Å². The van der Waals surface area contributed by atoms with Gasteiger partial charge in [-0.25, -0.2) is 15.0 Å². The van der Waals surface area contributed by atoms with Crippen molar-refractivity contribution in [2.75, 3.05) is 13.2 Å². The summed E-state index contributed by atoms with van der Waals surface area (Å²) in [6.45, 7) is 5.16. The summed E-state index contributed by atoms with van der Waals surface area (Å²) in [6.07, 6.45) is 1.32. The molecule has 2 aromatic carbocycles. The molecule has 1 amide bonds. The van der Waals surface area contributed by atoms with Crippen LogP contribution < -0.4 is 20.8 Å². The lowest BCUT2D eigenvalue weighted by Crippen LogP contribution is -2.45. The van der Waals surface area contributed by atoms with E-state index in [-0.39, 0.29) is 18.8 Å². The van der Waals surface area contributed by atoms with Crippen LogP contribution >= 0.6 is 12.2 Å². The van der Waals surface area contributed by atoms with Crippen LogP contribution in [0.15, 0.2) is 75.4 Å². The molecule has 0 unspecified atom stereocenters. The summed E-state index contributed by atoms with van der Waals surface area (Å²) < 4.78 is 16.8. The SMILES string of the molecule is CCOC(=O)C1=C(C)NC(=S)N[C@@H]1c1ccccc1OCC(=O)NN=Cc1ccc(-c2cc(C(=O)O)ccc2C)o1. The fourth-order valence-electron chi connectivity index (χ4n) is 4.19. The predicted molar refractivity (Wildman–Crippen MR) is 154 cm³/mol. The molecular weight excluding hydrogens is 548 g/mol. The van der Waals surface area contributed by atoms with Crippen LogP contribution in [0.4, 0.5) is 0 Å². The van der Waals surface area contributed by atoms with E-state index in [4.69, 9.17) is 26.1 Å². The maximum atomic E-state index is 12.7. The number of carbonyl (C=O) groups is 3. The van der Waals surface area contributed by atoms with Crippen molar-refractivity contribution in [2.45, 2.75) is 26.8 Å². The summed E-state index contributed by atoms with van der Waals surface area (Å²) in [5.74, 6) is -0.861. The first-order valence-corrected chi connectivity index (χ1v) is 13.0. The molecule has 0 spiro atoms. The molecule has 4 rings (SSSR count). The monoisotopic (exact) mass is 576 g/mol. The number of rotatable bonds is 10. The van der Waals surface area contributed by atoms with Gasteiger partial charge in [-0.3, -0.25) is 4.79 Å². The number of nitrogens with zero attached hydrogens (tertiary/aromatic N) is 1. The molecule has 0 saturated heterocycles. The number of carbonyl (C=O) groups excluding carboxylic acids is 2. The summed E-state index contributed by atoms with van der Waals surface area (Å²) >= 11 is 5.29. The quantitative estimate of drug-likeness (QED) is 0.121. The second-order valence-corrected chi connectivity index (χ2v) is 9.36. The van der Waals surface area contributed by atoms with Crippen molar-refractivity contribution < 1.29 is 33.4 Å². The number of para-hydroxylation sites is 1. The Morgan fingerprint density at radius 1 is 1.15 bits per heavy atom. The van der Waals surface area contributed by atoms with Gasteiger partial charge in [0.2, 0.25) is 0 Å². The van der Waals surface area contributed by atoms with E-state index in [1.54, 1.807) is 56.3 Å². The number of thiocarbonyl (C=S) groups is 1. The van der Waals surface area contributed by atoms with Gasteiger partial charge in [0.25, 0.3) is 5.91 Å². The molecule has 1 aliphatic heterocycles. The first kappa shape index (κ1) is 29.0. The third kappa shape index (κ3) is 6.97. The third-order valence-electron chi connectivity index (χ3n) is 6.11. The molecule has 2 heterocycles. The lowest BCUT2D eigenvalue weighted by Gasteiger charge is -2.30. The van der Waals surface area contributed by atoms with Crippen LogP contribution in [0.5, 0.6) is 5.75 Å². The molecule has 1 atom stereocenters. The van der Waals surface area contributed by atoms with E-state index in [2.05, 4.69) is 21.2 Å². The molecule has 1 aromatic heterocycles. The standard InChI is InChI=1S/C29H28N4O7S/c1-4-38-28(37)25-17(3)31-29(41)32-26(25)20-7-5-6-8-22(20)39-15-24(34)33-30-14-19-11-12-23(40-19)21-13-18(27(35)36)10-9-16(21)2/h5-14,26H,4,15H2,1-3H3,(H,33,34)(H,35,36)(H2,31,32,41)/t26-/m1/s1. The van der Waals surface area contributed by atoms with Gasteiger partial charge in [-0.1, -0.05) is 24.3 Å². The molecule has 212 valence electrons. The lowest BCUT2D eigenvalue weighted by atomic mass is 9.95. The summed E-state index contributed by atoms with van der Waals surface area (Å²) in [5, 5.41) is 19.5. The minimum atomic E-state index is -1.03. The summed E-state index contributed by atoms with van der Waals surface area (Å²) in [6, 6.07) is 14.5. The largest absolute Gasteiger partial charge is 0.483 e. The van der Waals surface area contributed by atoms with Crippen molar-refractivity contribution in [2.24, 2.45) is 5.10 Å². The second-order valence-electron chi connectivity index (χ2n) is 8.95. The fraction of sp³-hybridized carbons (Fsp3) is 0.207. The van der Waals surface area contributed by atoms with Crippen LogP contribution in [0.1, 0.15) is 47.1 Å². The zero-order chi connectivity index (χ0) is 29.5. The van der Waals surface area contributed by atoms with Crippen LogP contribution in [0, 0.1) is 6.92 Å². The van der Waals surface area contributed by atoms with Crippen LogP contribution in [0.2, 0.25) is 0 Å². The molecule has 0 fully saturated rings. The van der Waals surface area contributed by atoms with E-state index in [9.17, 15) is 19.5 Å². The molecule has 4 N–H and O–H groups in total. The van der Waals surface area contributed by atoms with Gasteiger partial charge in [0.05, 0.1) is 30.0 Å². The molecule has 1 aliphatic rings. The van der Waals surface area contributed by atoms with Crippen molar-refractivity contribution in [1.82, 2.24) is 16.1 Å². The topological polar surface area (TPSA) is 151 Å². The number of hydrazone groups is 1. The second kappa shape index (κ2) is 12.9. The predicted octanol–water partition coefficient (Wildman–Crippen LogP) is 3.84. The highest BCUT2D eigenvalue weighted by Gasteiger charge is 2.32. The Labute approximate surface area is 241 Å². The average Bonchev–Trinajstić information content (AvgIpc) is 3.40. The third-order valence-corrected chi connectivity index (χ3v) is 6.33. The maximum Gasteiger partial charge on any atom is 0.338 e. The molecule has 41 heavy (non-hydrogen) atoms. The van der Waals surface area contributed by atoms with Crippen molar-refractivity contribution >= 4 is 41.4 Å².